The van der Waals surface area contributed by atoms with E-state index in [0.717, 1.165) is 4.47 Å². The zero-order valence-electron chi connectivity index (χ0n) is 10.7. The molecule has 19 heavy (non-hydrogen) atoms. The van der Waals surface area contributed by atoms with E-state index >= 15 is 0 Å². The third kappa shape index (κ3) is 3.77. The molecule has 2 atom stereocenters. The second kappa shape index (κ2) is 5.89. The first kappa shape index (κ1) is 14.9. The largest absolute Gasteiger partial charge is 0.316 e. The quantitative estimate of drug-likeness (QED) is 0.905. The van der Waals surface area contributed by atoms with Gasteiger partial charge in [0.1, 0.15) is 5.82 Å². The van der Waals surface area contributed by atoms with Crippen LogP contribution < -0.4 is 5.32 Å². The highest BCUT2D eigenvalue weighted by molar-refractivity contribution is 9.10. The van der Waals surface area contributed by atoms with Crippen molar-refractivity contribution in [2.75, 3.05) is 18.6 Å². The molecule has 6 heteroatoms. The van der Waals surface area contributed by atoms with Gasteiger partial charge in [-0.3, -0.25) is 0 Å². The first-order valence-electron chi connectivity index (χ1n) is 6.23. The molecule has 2 unspecified atom stereocenters. The highest BCUT2D eigenvalue weighted by atomic mass is 79.9. The first-order chi connectivity index (χ1) is 8.91. The molecule has 106 valence electrons. The summed E-state index contributed by atoms with van der Waals surface area (Å²) in [6, 6.07) is 4.83. The number of likely N-dealkylation sites (N-methyl/N-ethyl adjacent to an activating group) is 1. The lowest BCUT2D eigenvalue weighted by atomic mass is 9.93. The Bertz CT molecular complexity index is 562. The van der Waals surface area contributed by atoms with Crippen LogP contribution in [-0.4, -0.2) is 33.0 Å². The van der Waals surface area contributed by atoms with Crippen LogP contribution >= 0.6 is 15.9 Å². The Morgan fingerprint density at radius 3 is 2.84 bits per heavy atom. The highest BCUT2D eigenvalue weighted by Crippen LogP contribution is 2.25. The van der Waals surface area contributed by atoms with Gasteiger partial charge < -0.3 is 5.32 Å². The number of sulfone groups is 1. The van der Waals surface area contributed by atoms with E-state index in [1.165, 1.54) is 6.07 Å². The molecule has 0 amide bonds. The van der Waals surface area contributed by atoms with Crippen LogP contribution in [-0.2, 0) is 16.3 Å². The summed E-state index contributed by atoms with van der Waals surface area (Å²) in [4.78, 5) is 0. The molecule has 1 aromatic rings. The Labute approximate surface area is 121 Å². The normalized spacial score (nSPS) is 23.4. The van der Waals surface area contributed by atoms with Gasteiger partial charge in [-0.15, -0.1) is 0 Å². The van der Waals surface area contributed by atoms with Gasteiger partial charge in [-0.2, -0.15) is 0 Å². The summed E-state index contributed by atoms with van der Waals surface area (Å²) >= 11 is 3.33. The van der Waals surface area contributed by atoms with Crippen LogP contribution in [0.4, 0.5) is 4.39 Å². The minimum absolute atomic E-state index is 0.0129. The van der Waals surface area contributed by atoms with E-state index in [2.05, 4.69) is 21.2 Å². The standard InChI is InChI=1S/C13H17BrFNO2S/c1-16-13(9-4-5-19(17,18)8-9)7-10-6-11(14)2-3-12(10)15/h2-3,6,9,13,16H,4-5,7-8H2,1H3. The molecule has 2 rings (SSSR count). The van der Waals surface area contributed by atoms with E-state index in [0.29, 0.717) is 18.4 Å². The van der Waals surface area contributed by atoms with Gasteiger partial charge in [0.2, 0.25) is 0 Å². The van der Waals surface area contributed by atoms with Crippen molar-refractivity contribution in [1.82, 2.24) is 5.32 Å². The van der Waals surface area contributed by atoms with Crippen molar-refractivity contribution in [3.8, 4) is 0 Å². The Balaban J connectivity index is 2.13. The predicted octanol–water partition coefficient (Wildman–Crippen LogP) is 2.15. The molecule has 1 aliphatic rings. The average Bonchev–Trinajstić information content (AvgIpc) is 2.70. The van der Waals surface area contributed by atoms with Crippen LogP contribution in [0.2, 0.25) is 0 Å². The fourth-order valence-corrected chi connectivity index (χ4v) is 4.87. The zero-order valence-corrected chi connectivity index (χ0v) is 13.1. The van der Waals surface area contributed by atoms with E-state index in [1.807, 2.05) is 0 Å². The number of benzene rings is 1. The highest BCUT2D eigenvalue weighted by Gasteiger charge is 2.33. The molecule has 3 nitrogen and oxygen atoms in total. The summed E-state index contributed by atoms with van der Waals surface area (Å²) in [7, 11) is -1.11. The summed E-state index contributed by atoms with van der Waals surface area (Å²) < 4.78 is 37.6. The third-order valence-corrected chi connectivity index (χ3v) is 5.94. The number of hydrogen-bond donors (Lipinski definition) is 1. The summed E-state index contributed by atoms with van der Waals surface area (Å²) in [6.45, 7) is 0. The summed E-state index contributed by atoms with van der Waals surface area (Å²) in [5.41, 5.74) is 0.609. The zero-order chi connectivity index (χ0) is 14.0. The summed E-state index contributed by atoms with van der Waals surface area (Å²) in [6.07, 6.45) is 1.16. The molecular formula is C13H17BrFNO2S. The van der Waals surface area contributed by atoms with Crippen molar-refractivity contribution < 1.29 is 12.8 Å². The van der Waals surface area contributed by atoms with Gasteiger partial charge in [-0.05, 0) is 49.6 Å². The Kier molecular flexibility index (Phi) is 4.63. The van der Waals surface area contributed by atoms with Gasteiger partial charge in [0.05, 0.1) is 11.5 Å². The fraction of sp³-hybridized carbons (Fsp3) is 0.538. The van der Waals surface area contributed by atoms with Crippen LogP contribution in [0, 0.1) is 11.7 Å². The lowest BCUT2D eigenvalue weighted by molar-refractivity contribution is 0.398. The molecule has 1 N–H and O–H groups in total. The van der Waals surface area contributed by atoms with E-state index in [1.54, 1.807) is 19.2 Å². The molecule has 1 saturated heterocycles. The Morgan fingerprint density at radius 2 is 2.26 bits per heavy atom. The molecule has 0 aromatic heterocycles. The molecular weight excluding hydrogens is 333 g/mol. The monoisotopic (exact) mass is 349 g/mol. The molecule has 1 aliphatic heterocycles. The molecule has 0 saturated carbocycles. The second-order valence-corrected chi connectivity index (χ2v) is 8.14. The van der Waals surface area contributed by atoms with Crippen molar-refractivity contribution in [3.63, 3.8) is 0 Å². The van der Waals surface area contributed by atoms with Gasteiger partial charge in [-0.1, -0.05) is 15.9 Å². The van der Waals surface area contributed by atoms with Crippen molar-refractivity contribution in [1.29, 1.82) is 0 Å². The smallest absolute Gasteiger partial charge is 0.150 e. The summed E-state index contributed by atoms with van der Waals surface area (Å²) in [5.74, 6) is 0.267. The molecule has 0 aliphatic carbocycles. The maximum absolute atomic E-state index is 13.7. The molecule has 0 spiro atoms. The lowest BCUT2D eigenvalue weighted by Crippen LogP contribution is -2.36. The van der Waals surface area contributed by atoms with Gasteiger partial charge in [0.15, 0.2) is 9.84 Å². The van der Waals surface area contributed by atoms with Crippen LogP contribution in [0.3, 0.4) is 0 Å². The van der Waals surface area contributed by atoms with Crippen molar-refractivity contribution in [2.45, 2.75) is 18.9 Å². The van der Waals surface area contributed by atoms with Crippen molar-refractivity contribution in [3.05, 3.63) is 34.1 Å². The van der Waals surface area contributed by atoms with Crippen LogP contribution in [0.25, 0.3) is 0 Å². The summed E-state index contributed by atoms with van der Waals surface area (Å²) in [5, 5.41) is 3.13. The predicted molar refractivity (Wildman–Crippen MR) is 77.4 cm³/mol. The molecule has 1 aromatic carbocycles. The molecule has 1 fully saturated rings. The van der Waals surface area contributed by atoms with Gasteiger partial charge in [0, 0.05) is 10.5 Å². The molecule has 0 bridgehead atoms. The maximum atomic E-state index is 13.7. The van der Waals surface area contributed by atoms with E-state index in [9.17, 15) is 12.8 Å². The molecule has 1 heterocycles. The fourth-order valence-electron chi connectivity index (χ4n) is 2.58. The minimum Gasteiger partial charge on any atom is -0.316 e. The number of halogens is 2. The SMILES string of the molecule is CNC(Cc1cc(Br)ccc1F)C1CCS(=O)(=O)C1. The van der Waals surface area contributed by atoms with Crippen molar-refractivity contribution >= 4 is 25.8 Å². The van der Waals surface area contributed by atoms with Gasteiger partial charge in [-0.25, -0.2) is 12.8 Å². The third-order valence-electron chi connectivity index (χ3n) is 3.66. The van der Waals surface area contributed by atoms with Crippen LogP contribution in [0.1, 0.15) is 12.0 Å². The van der Waals surface area contributed by atoms with Crippen molar-refractivity contribution in [2.24, 2.45) is 5.92 Å². The number of nitrogens with one attached hydrogen (secondary N) is 1. The Hall–Kier alpha value is -0.460. The van der Waals surface area contributed by atoms with E-state index < -0.39 is 9.84 Å². The first-order valence-corrected chi connectivity index (χ1v) is 8.84. The second-order valence-electron chi connectivity index (χ2n) is 5.00. The number of rotatable bonds is 4. The maximum Gasteiger partial charge on any atom is 0.150 e. The van der Waals surface area contributed by atoms with Crippen LogP contribution in [0.15, 0.2) is 22.7 Å². The topological polar surface area (TPSA) is 46.2 Å². The van der Waals surface area contributed by atoms with Crippen LogP contribution in [0.5, 0.6) is 0 Å². The lowest BCUT2D eigenvalue weighted by Gasteiger charge is -2.22. The van der Waals surface area contributed by atoms with Gasteiger partial charge >= 0.3 is 0 Å². The van der Waals surface area contributed by atoms with Gasteiger partial charge in [0.25, 0.3) is 0 Å². The average molecular weight is 350 g/mol. The Morgan fingerprint density at radius 1 is 1.53 bits per heavy atom. The van der Waals surface area contributed by atoms with E-state index in [4.69, 9.17) is 0 Å². The van der Waals surface area contributed by atoms with E-state index in [-0.39, 0.29) is 29.3 Å². The number of hydrogen-bond acceptors (Lipinski definition) is 3. The minimum atomic E-state index is -2.90. The molecule has 0 radical (unpaired) electrons.